The Morgan fingerprint density at radius 2 is 1.92 bits per heavy atom. The lowest BCUT2D eigenvalue weighted by atomic mass is 10.2. The molecule has 0 fully saturated rings. The second-order valence-corrected chi connectivity index (χ2v) is 2.90. The van der Waals surface area contributed by atoms with Gasteiger partial charge in [0.15, 0.2) is 5.17 Å². The van der Waals surface area contributed by atoms with E-state index in [-0.39, 0.29) is 10.6 Å². The largest absolute Gasteiger partial charge is 0.410 e. The summed E-state index contributed by atoms with van der Waals surface area (Å²) in [6, 6.07) is 1.50. The summed E-state index contributed by atoms with van der Waals surface area (Å²) in [5.74, 6) is -1.69. The monoisotopic (exact) mass is 225 g/mol. The third-order valence-corrected chi connectivity index (χ3v) is 1.89. The molecule has 0 radical (unpaired) electrons. The molecule has 0 aliphatic carbocycles. The van der Waals surface area contributed by atoms with Crippen LogP contribution in [0.5, 0.6) is 0 Å². The lowest BCUT2D eigenvalue weighted by Gasteiger charge is -2.00. The quantitative estimate of drug-likeness (QED) is 0.339. The summed E-state index contributed by atoms with van der Waals surface area (Å²) in [6.45, 7) is 0. The van der Waals surface area contributed by atoms with Crippen molar-refractivity contribution in [1.29, 1.82) is 0 Å². The maximum absolute atomic E-state index is 12.9. The molecule has 0 aromatic heterocycles. The van der Waals surface area contributed by atoms with E-state index >= 15 is 0 Å². The predicted octanol–water partition coefficient (Wildman–Crippen LogP) is 2.99. The molecule has 0 saturated heterocycles. The maximum Gasteiger partial charge on any atom is 0.178 e. The highest BCUT2D eigenvalue weighted by Crippen LogP contribution is 2.20. The highest BCUT2D eigenvalue weighted by molar-refractivity contribution is 6.69. The molecule has 0 amide bonds. The van der Waals surface area contributed by atoms with Gasteiger partial charge in [-0.2, -0.15) is 0 Å². The Balaban J connectivity index is 3.32. The van der Waals surface area contributed by atoms with Crippen LogP contribution in [-0.2, 0) is 0 Å². The SMILES string of the molecule is O/N=C(\Cl)c1cc(F)c(Cl)cc1F. The molecular formula is C7H3Cl2F2NO. The van der Waals surface area contributed by atoms with E-state index < -0.39 is 16.8 Å². The lowest BCUT2D eigenvalue weighted by Crippen LogP contribution is -1.97. The molecular weight excluding hydrogens is 223 g/mol. The van der Waals surface area contributed by atoms with Gasteiger partial charge in [-0.3, -0.25) is 0 Å². The van der Waals surface area contributed by atoms with Crippen LogP contribution in [0.25, 0.3) is 0 Å². The number of rotatable bonds is 1. The van der Waals surface area contributed by atoms with Crippen LogP contribution in [0.3, 0.4) is 0 Å². The Labute approximate surface area is 82.4 Å². The van der Waals surface area contributed by atoms with E-state index in [9.17, 15) is 8.78 Å². The number of nitrogens with zero attached hydrogens (tertiary/aromatic N) is 1. The topological polar surface area (TPSA) is 32.6 Å². The smallest absolute Gasteiger partial charge is 0.178 e. The Hall–Kier alpha value is -0.870. The summed E-state index contributed by atoms with van der Waals surface area (Å²) in [5.41, 5.74) is -0.342. The molecule has 0 saturated carbocycles. The first-order valence-electron chi connectivity index (χ1n) is 3.08. The fraction of sp³-hybridized carbons (Fsp3) is 0. The van der Waals surface area contributed by atoms with Crippen molar-refractivity contribution in [2.24, 2.45) is 5.16 Å². The highest BCUT2D eigenvalue weighted by Gasteiger charge is 2.12. The first kappa shape index (κ1) is 10.2. The zero-order valence-corrected chi connectivity index (χ0v) is 7.57. The molecule has 0 bridgehead atoms. The van der Waals surface area contributed by atoms with Crippen molar-refractivity contribution in [2.45, 2.75) is 0 Å². The summed E-state index contributed by atoms with van der Waals surface area (Å²) in [7, 11) is 0. The van der Waals surface area contributed by atoms with Gasteiger partial charge in [0.05, 0.1) is 10.6 Å². The van der Waals surface area contributed by atoms with Crippen LogP contribution in [0.4, 0.5) is 8.78 Å². The van der Waals surface area contributed by atoms with Gasteiger partial charge < -0.3 is 5.21 Å². The Morgan fingerprint density at radius 3 is 2.46 bits per heavy atom. The first-order valence-corrected chi connectivity index (χ1v) is 3.84. The molecule has 0 unspecified atom stereocenters. The van der Waals surface area contributed by atoms with Gasteiger partial charge in [-0.1, -0.05) is 28.4 Å². The van der Waals surface area contributed by atoms with Crippen molar-refractivity contribution in [2.75, 3.05) is 0 Å². The van der Waals surface area contributed by atoms with Crippen molar-refractivity contribution >= 4 is 28.4 Å². The summed E-state index contributed by atoms with van der Waals surface area (Å²) >= 11 is 10.5. The van der Waals surface area contributed by atoms with E-state index in [4.69, 9.17) is 28.4 Å². The summed E-state index contributed by atoms with van der Waals surface area (Å²) in [4.78, 5) is 0. The highest BCUT2D eigenvalue weighted by atomic mass is 35.5. The van der Waals surface area contributed by atoms with Gasteiger partial charge in [0.25, 0.3) is 0 Å². The minimum Gasteiger partial charge on any atom is -0.410 e. The van der Waals surface area contributed by atoms with Gasteiger partial charge in [-0.05, 0) is 12.1 Å². The first-order chi connectivity index (χ1) is 6.06. The molecule has 1 rings (SSSR count). The van der Waals surface area contributed by atoms with E-state index in [1.807, 2.05) is 0 Å². The second-order valence-electron chi connectivity index (χ2n) is 2.14. The minimum absolute atomic E-state index is 0.342. The maximum atomic E-state index is 12.9. The van der Waals surface area contributed by atoms with Gasteiger partial charge in [-0.15, -0.1) is 0 Å². The van der Waals surface area contributed by atoms with Gasteiger partial charge in [0.2, 0.25) is 0 Å². The molecule has 1 aromatic carbocycles. The zero-order valence-electron chi connectivity index (χ0n) is 6.06. The van der Waals surface area contributed by atoms with Crippen LogP contribution < -0.4 is 0 Å². The average Bonchev–Trinajstić information content (AvgIpc) is 2.10. The van der Waals surface area contributed by atoms with Crippen molar-refractivity contribution in [3.05, 3.63) is 34.4 Å². The molecule has 0 spiro atoms. The van der Waals surface area contributed by atoms with Crippen LogP contribution in [0.1, 0.15) is 5.56 Å². The molecule has 6 heteroatoms. The van der Waals surface area contributed by atoms with E-state index in [0.29, 0.717) is 0 Å². The molecule has 0 aliphatic heterocycles. The van der Waals surface area contributed by atoms with Crippen LogP contribution in [0.2, 0.25) is 5.02 Å². The minimum atomic E-state index is -0.853. The Bertz CT molecular complexity index is 368. The van der Waals surface area contributed by atoms with Crippen LogP contribution in [0, 0.1) is 11.6 Å². The molecule has 1 aromatic rings. The van der Waals surface area contributed by atoms with Crippen LogP contribution >= 0.6 is 23.2 Å². The zero-order chi connectivity index (χ0) is 10.0. The number of hydrogen-bond acceptors (Lipinski definition) is 2. The lowest BCUT2D eigenvalue weighted by molar-refractivity contribution is 0.320. The molecule has 13 heavy (non-hydrogen) atoms. The van der Waals surface area contributed by atoms with Crippen molar-refractivity contribution in [3.8, 4) is 0 Å². The third-order valence-electron chi connectivity index (χ3n) is 1.32. The fourth-order valence-electron chi connectivity index (χ4n) is 0.735. The van der Waals surface area contributed by atoms with Crippen molar-refractivity contribution in [1.82, 2.24) is 0 Å². The standard InChI is InChI=1S/C7H3Cl2F2NO/c8-4-2-5(10)3(1-6(4)11)7(9)12-13/h1-2,13H/b12-7-. The number of benzene rings is 1. The molecule has 0 heterocycles. The Morgan fingerprint density at radius 1 is 1.31 bits per heavy atom. The average molecular weight is 226 g/mol. The normalized spacial score (nSPS) is 11.8. The van der Waals surface area contributed by atoms with Gasteiger partial charge in [0.1, 0.15) is 11.6 Å². The van der Waals surface area contributed by atoms with E-state index in [1.165, 1.54) is 0 Å². The van der Waals surface area contributed by atoms with Gasteiger partial charge in [-0.25, -0.2) is 8.78 Å². The van der Waals surface area contributed by atoms with Crippen LogP contribution in [0.15, 0.2) is 17.3 Å². The van der Waals surface area contributed by atoms with E-state index in [2.05, 4.69) is 5.16 Å². The summed E-state index contributed by atoms with van der Waals surface area (Å²) in [6.07, 6.45) is 0. The number of oxime groups is 1. The number of hydrogen-bond donors (Lipinski definition) is 1. The van der Waals surface area contributed by atoms with Gasteiger partial charge in [0, 0.05) is 0 Å². The molecule has 2 nitrogen and oxygen atoms in total. The summed E-state index contributed by atoms with van der Waals surface area (Å²) < 4.78 is 25.7. The van der Waals surface area contributed by atoms with Gasteiger partial charge >= 0.3 is 0 Å². The van der Waals surface area contributed by atoms with E-state index in [1.54, 1.807) is 0 Å². The van der Waals surface area contributed by atoms with E-state index in [0.717, 1.165) is 12.1 Å². The molecule has 0 atom stereocenters. The summed E-state index contributed by atoms with van der Waals surface area (Å²) in [5, 5.41) is 9.84. The van der Waals surface area contributed by atoms with Crippen molar-refractivity contribution < 1.29 is 14.0 Å². The molecule has 1 N–H and O–H groups in total. The third kappa shape index (κ3) is 2.08. The molecule has 70 valence electrons. The Kier molecular flexibility index (Phi) is 3.06. The second kappa shape index (κ2) is 3.89. The molecule has 0 aliphatic rings. The number of halogens is 4. The fourth-order valence-corrected chi connectivity index (χ4v) is 1.03. The van der Waals surface area contributed by atoms with Crippen LogP contribution in [-0.4, -0.2) is 10.4 Å². The van der Waals surface area contributed by atoms with Crippen molar-refractivity contribution in [3.63, 3.8) is 0 Å². The predicted molar refractivity (Wildman–Crippen MR) is 45.5 cm³/mol.